The maximum Gasteiger partial charge on any atom is 0.416 e. The number of aromatic nitrogens is 2. The number of benzene rings is 1. The number of alkyl halides is 3. The molecule has 3 aliphatic rings. The molecule has 1 aromatic carbocycles. The van der Waals surface area contributed by atoms with Gasteiger partial charge in [-0.25, -0.2) is 4.90 Å². The van der Waals surface area contributed by atoms with Crippen LogP contribution in [0.2, 0.25) is 0 Å². The molecular formula is C26H21F3N4O5S2. The zero-order chi connectivity index (χ0) is 28.2. The first-order chi connectivity index (χ1) is 19.1. The molecule has 40 heavy (non-hydrogen) atoms. The van der Waals surface area contributed by atoms with Crippen molar-refractivity contribution in [2.45, 2.75) is 28.9 Å². The highest BCUT2D eigenvalue weighted by molar-refractivity contribution is 8.00. The molecule has 0 N–H and O–H groups in total. The van der Waals surface area contributed by atoms with Gasteiger partial charge in [0.15, 0.2) is 0 Å². The number of fused-ring (bicyclic) bond motifs is 2. The second-order valence-corrected chi connectivity index (χ2v) is 11.6. The molecule has 3 atom stereocenters. The van der Waals surface area contributed by atoms with Crippen molar-refractivity contribution >= 4 is 46.5 Å². The number of thiazole rings is 1. The molecule has 2 aromatic heterocycles. The van der Waals surface area contributed by atoms with E-state index in [2.05, 4.69) is 4.98 Å². The summed E-state index contributed by atoms with van der Waals surface area (Å²) in [6.45, 7) is 1.34. The fourth-order valence-electron chi connectivity index (χ4n) is 5.30. The fourth-order valence-corrected chi connectivity index (χ4v) is 8.07. The molecule has 2 fully saturated rings. The predicted molar refractivity (Wildman–Crippen MR) is 139 cm³/mol. The average molecular weight is 591 g/mol. The SMILES string of the molecule is O=C(Cn1c2c(sc1=O)[C@@H](c1cccnc1)C1C(=O)N(c3cccc(C(F)(F)F)c3)C(=O)C1S2)N1CCOCC1. The van der Waals surface area contributed by atoms with Crippen molar-refractivity contribution in [2.24, 2.45) is 5.92 Å². The van der Waals surface area contributed by atoms with E-state index >= 15 is 0 Å². The van der Waals surface area contributed by atoms with Gasteiger partial charge in [-0.1, -0.05) is 35.2 Å². The smallest absolute Gasteiger partial charge is 0.378 e. The zero-order valence-corrected chi connectivity index (χ0v) is 22.3. The molecule has 208 valence electrons. The summed E-state index contributed by atoms with van der Waals surface area (Å²) in [5.41, 5.74) is -0.571. The van der Waals surface area contributed by atoms with Gasteiger partial charge >= 0.3 is 11.0 Å². The number of rotatable bonds is 4. The number of nitrogens with zero attached hydrogens (tertiary/aromatic N) is 4. The number of imide groups is 1. The van der Waals surface area contributed by atoms with Crippen molar-refractivity contribution in [2.75, 3.05) is 31.2 Å². The summed E-state index contributed by atoms with van der Waals surface area (Å²) >= 11 is 1.90. The number of carbonyl (C=O) groups excluding carboxylic acids is 3. The molecule has 0 radical (unpaired) electrons. The molecule has 0 bridgehead atoms. The van der Waals surface area contributed by atoms with Crippen LogP contribution in [0.1, 0.15) is 21.9 Å². The van der Waals surface area contributed by atoms with Gasteiger partial charge in [0.25, 0.3) is 0 Å². The standard InChI is InChI=1S/C26H21F3N4O5S2/c27-26(28,29)15-4-1-5-16(11-15)33-22(35)19-18(14-3-2-6-30-12-14)21-24(39-20(19)23(33)36)32(25(37)40-21)13-17(34)31-7-9-38-10-8-31/h1-6,11-12,18-20H,7-10,13H2/t18-,19?,20?/m0/s1. The third-order valence-electron chi connectivity index (χ3n) is 7.18. The number of halogens is 3. The van der Waals surface area contributed by atoms with Crippen LogP contribution in [-0.4, -0.2) is 63.7 Å². The second-order valence-electron chi connectivity index (χ2n) is 9.50. The minimum atomic E-state index is -4.66. The molecule has 5 heterocycles. The number of hydrogen-bond donors (Lipinski definition) is 0. The quantitative estimate of drug-likeness (QED) is 0.431. The summed E-state index contributed by atoms with van der Waals surface area (Å²) in [6.07, 6.45) is -1.57. The van der Waals surface area contributed by atoms with Crippen LogP contribution in [0.3, 0.4) is 0 Å². The molecule has 0 spiro atoms. The normalized spacial score (nSPS) is 22.8. The van der Waals surface area contributed by atoms with Crippen molar-refractivity contribution in [1.82, 2.24) is 14.5 Å². The van der Waals surface area contributed by atoms with Crippen LogP contribution in [0, 0.1) is 5.92 Å². The van der Waals surface area contributed by atoms with E-state index in [9.17, 15) is 32.3 Å². The highest BCUT2D eigenvalue weighted by atomic mass is 32.2. The number of hydrogen-bond acceptors (Lipinski definition) is 8. The van der Waals surface area contributed by atoms with Crippen LogP contribution >= 0.6 is 23.1 Å². The van der Waals surface area contributed by atoms with Crippen molar-refractivity contribution < 1.29 is 32.3 Å². The Kier molecular flexibility index (Phi) is 6.79. The minimum absolute atomic E-state index is 0.173. The van der Waals surface area contributed by atoms with Crippen molar-refractivity contribution in [3.8, 4) is 0 Å². The first kappa shape index (κ1) is 26.7. The topological polar surface area (TPSA) is 102 Å². The molecule has 2 unspecified atom stereocenters. The van der Waals surface area contributed by atoms with E-state index < -0.39 is 45.5 Å². The van der Waals surface area contributed by atoms with Gasteiger partial charge in [0.1, 0.15) is 11.8 Å². The minimum Gasteiger partial charge on any atom is -0.378 e. The van der Waals surface area contributed by atoms with Gasteiger partial charge in [-0.15, -0.1) is 0 Å². The number of thioether (sulfide) groups is 1. The monoisotopic (exact) mass is 590 g/mol. The molecule has 9 nitrogen and oxygen atoms in total. The number of anilines is 1. The highest BCUT2D eigenvalue weighted by Gasteiger charge is 2.57. The summed E-state index contributed by atoms with van der Waals surface area (Å²) in [6, 6.07) is 7.49. The summed E-state index contributed by atoms with van der Waals surface area (Å²) < 4.78 is 46.9. The lowest BCUT2D eigenvalue weighted by Crippen LogP contribution is -2.43. The van der Waals surface area contributed by atoms with E-state index in [1.807, 2.05) is 0 Å². The van der Waals surface area contributed by atoms with E-state index in [1.54, 1.807) is 29.4 Å². The molecule has 6 rings (SSSR count). The Morgan fingerprint density at radius 1 is 1.07 bits per heavy atom. The lowest BCUT2D eigenvalue weighted by molar-refractivity contribution is -0.138. The first-order valence-corrected chi connectivity index (χ1v) is 14.1. The number of pyridine rings is 1. The van der Waals surface area contributed by atoms with Crippen molar-refractivity contribution in [3.05, 3.63) is 74.5 Å². The van der Waals surface area contributed by atoms with Gasteiger partial charge in [-0.05, 0) is 29.8 Å². The summed E-state index contributed by atoms with van der Waals surface area (Å²) in [7, 11) is 0. The largest absolute Gasteiger partial charge is 0.416 e. The molecule has 3 aromatic rings. The molecule has 2 saturated heterocycles. The van der Waals surface area contributed by atoms with Crippen LogP contribution in [0.5, 0.6) is 0 Å². The third-order valence-corrected chi connectivity index (χ3v) is 9.79. The predicted octanol–water partition coefficient (Wildman–Crippen LogP) is 2.98. The highest BCUT2D eigenvalue weighted by Crippen LogP contribution is 2.54. The Balaban J connectivity index is 1.42. The van der Waals surface area contributed by atoms with E-state index in [-0.39, 0.29) is 18.1 Å². The first-order valence-electron chi connectivity index (χ1n) is 12.4. The average Bonchev–Trinajstić information content (AvgIpc) is 3.39. The lowest BCUT2D eigenvalue weighted by atomic mass is 9.84. The van der Waals surface area contributed by atoms with E-state index in [1.165, 1.54) is 10.6 Å². The number of morpholine rings is 1. The van der Waals surface area contributed by atoms with E-state index in [0.717, 1.165) is 46.2 Å². The third kappa shape index (κ3) is 4.53. The number of carbonyl (C=O) groups is 3. The zero-order valence-electron chi connectivity index (χ0n) is 20.7. The summed E-state index contributed by atoms with van der Waals surface area (Å²) in [5, 5.41) is -0.614. The van der Waals surface area contributed by atoms with Gasteiger partial charge in [-0.2, -0.15) is 13.2 Å². The van der Waals surface area contributed by atoms with E-state index in [0.29, 0.717) is 41.8 Å². The molecule has 3 amide bonds. The molecular weight excluding hydrogens is 569 g/mol. The van der Waals surface area contributed by atoms with Gasteiger partial charge in [-0.3, -0.25) is 28.7 Å². The van der Waals surface area contributed by atoms with Crippen LogP contribution in [-0.2, 0) is 31.8 Å². The summed E-state index contributed by atoms with van der Waals surface area (Å²) in [4.78, 5) is 60.4. The number of amides is 3. The van der Waals surface area contributed by atoms with Crippen molar-refractivity contribution in [3.63, 3.8) is 0 Å². The molecule has 0 aliphatic carbocycles. The molecule has 0 saturated carbocycles. The number of ether oxygens (including phenoxy) is 1. The molecule has 3 aliphatic heterocycles. The van der Waals surface area contributed by atoms with Crippen molar-refractivity contribution in [1.29, 1.82) is 0 Å². The van der Waals surface area contributed by atoms with E-state index in [4.69, 9.17) is 4.74 Å². The van der Waals surface area contributed by atoms with Gasteiger partial charge < -0.3 is 9.64 Å². The maximum absolute atomic E-state index is 13.8. The van der Waals surface area contributed by atoms with Gasteiger partial charge in [0.2, 0.25) is 17.7 Å². The Morgan fingerprint density at radius 3 is 2.55 bits per heavy atom. The lowest BCUT2D eigenvalue weighted by Gasteiger charge is -2.31. The van der Waals surface area contributed by atoms with Crippen LogP contribution in [0.25, 0.3) is 0 Å². The summed E-state index contributed by atoms with van der Waals surface area (Å²) in [5.74, 6) is -3.34. The Labute approximate surface area is 233 Å². The Hall–Kier alpha value is -3.49. The molecule has 14 heteroatoms. The Bertz CT molecular complexity index is 1550. The maximum atomic E-state index is 13.8. The Morgan fingerprint density at radius 2 is 1.85 bits per heavy atom. The van der Waals surface area contributed by atoms with Gasteiger partial charge in [0, 0.05) is 36.3 Å². The van der Waals surface area contributed by atoms with Crippen LogP contribution in [0.4, 0.5) is 18.9 Å². The fraction of sp³-hybridized carbons (Fsp3) is 0.346. The second kappa shape index (κ2) is 10.2. The van der Waals surface area contributed by atoms with Gasteiger partial charge in [0.05, 0.1) is 35.4 Å². The van der Waals surface area contributed by atoms with Crippen LogP contribution in [0.15, 0.2) is 58.6 Å². The van der Waals surface area contributed by atoms with Crippen LogP contribution < -0.4 is 9.77 Å².